The number of hydrogen-bond acceptors (Lipinski definition) is 6. The van der Waals surface area contributed by atoms with Crippen LogP contribution in [0.5, 0.6) is 5.75 Å². The third kappa shape index (κ3) is 5.11. The van der Waals surface area contributed by atoms with Crippen molar-refractivity contribution in [3.63, 3.8) is 0 Å². The van der Waals surface area contributed by atoms with Crippen LogP contribution in [0.3, 0.4) is 0 Å². The maximum atomic E-state index is 11.7. The molecule has 2 rings (SSSR count). The minimum atomic E-state index is -1.04. The molecule has 0 aromatic heterocycles. The lowest BCUT2D eigenvalue weighted by Gasteiger charge is -2.04. The average molecular weight is 407 g/mol. The molecule has 0 saturated heterocycles. The lowest BCUT2D eigenvalue weighted by Crippen LogP contribution is -2.32. The van der Waals surface area contributed by atoms with E-state index in [0.29, 0.717) is 5.69 Å². The van der Waals surface area contributed by atoms with E-state index in [9.17, 15) is 24.8 Å². The van der Waals surface area contributed by atoms with Gasteiger partial charge in [0.15, 0.2) is 0 Å². The SMILES string of the molecule is O=C(N/N=C\c1cc([N+](=O)[O-])ccc1O)C(=O)Nc1ccc(Br)cc1. The van der Waals surface area contributed by atoms with Crippen molar-refractivity contribution in [1.29, 1.82) is 0 Å². The Hall–Kier alpha value is -3.27. The van der Waals surface area contributed by atoms with Crippen molar-refractivity contribution in [2.24, 2.45) is 5.10 Å². The van der Waals surface area contributed by atoms with E-state index in [1.165, 1.54) is 0 Å². The molecular weight excluding hydrogens is 396 g/mol. The third-order valence-electron chi connectivity index (χ3n) is 2.90. The molecule has 10 heteroatoms. The number of carbonyl (C=O) groups excluding carboxylic acids is 2. The van der Waals surface area contributed by atoms with Crippen LogP contribution in [0, 0.1) is 10.1 Å². The largest absolute Gasteiger partial charge is 0.507 e. The van der Waals surface area contributed by atoms with E-state index in [1.54, 1.807) is 24.3 Å². The van der Waals surface area contributed by atoms with Crippen molar-refractivity contribution < 1.29 is 19.6 Å². The number of hydrazone groups is 1. The van der Waals surface area contributed by atoms with E-state index in [0.717, 1.165) is 28.9 Å². The molecule has 0 radical (unpaired) electrons. The summed E-state index contributed by atoms with van der Waals surface area (Å²) in [4.78, 5) is 33.4. The first kappa shape index (κ1) is 18.1. The van der Waals surface area contributed by atoms with Crippen LogP contribution < -0.4 is 10.7 Å². The molecule has 0 aliphatic rings. The Labute approximate surface area is 149 Å². The number of nitro groups is 1. The molecule has 128 valence electrons. The zero-order valence-corrected chi connectivity index (χ0v) is 14.1. The quantitative estimate of drug-likeness (QED) is 0.309. The number of hydrogen-bond donors (Lipinski definition) is 3. The van der Waals surface area contributed by atoms with Gasteiger partial charge >= 0.3 is 11.8 Å². The summed E-state index contributed by atoms with van der Waals surface area (Å²) in [7, 11) is 0. The van der Waals surface area contributed by atoms with Gasteiger partial charge in [0.1, 0.15) is 5.75 Å². The topological polar surface area (TPSA) is 134 Å². The van der Waals surface area contributed by atoms with Gasteiger partial charge in [-0.15, -0.1) is 0 Å². The highest BCUT2D eigenvalue weighted by atomic mass is 79.9. The van der Waals surface area contributed by atoms with Crippen molar-refractivity contribution in [2.45, 2.75) is 0 Å². The van der Waals surface area contributed by atoms with Gasteiger partial charge in [-0.3, -0.25) is 19.7 Å². The number of nitrogens with one attached hydrogen (secondary N) is 2. The second kappa shape index (κ2) is 8.02. The maximum Gasteiger partial charge on any atom is 0.329 e. The molecular formula is C15H11BrN4O5. The number of rotatable bonds is 4. The molecule has 2 aromatic rings. The molecule has 0 aliphatic carbocycles. The summed E-state index contributed by atoms with van der Waals surface area (Å²) in [5.74, 6) is -2.24. The summed E-state index contributed by atoms with van der Waals surface area (Å²) in [5.41, 5.74) is 2.15. The van der Waals surface area contributed by atoms with Crippen molar-refractivity contribution >= 4 is 45.3 Å². The number of phenols is 1. The number of phenolic OH excluding ortho intramolecular Hbond substituents is 1. The van der Waals surface area contributed by atoms with Crippen LogP contribution in [0.1, 0.15) is 5.56 Å². The van der Waals surface area contributed by atoms with Gasteiger partial charge in [-0.1, -0.05) is 15.9 Å². The number of benzene rings is 2. The van der Waals surface area contributed by atoms with Gasteiger partial charge in [-0.25, -0.2) is 5.43 Å². The Morgan fingerprint density at radius 1 is 1.16 bits per heavy atom. The van der Waals surface area contributed by atoms with E-state index in [4.69, 9.17) is 0 Å². The van der Waals surface area contributed by atoms with E-state index >= 15 is 0 Å². The van der Waals surface area contributed by atoms with Crippen LogP contribution in [-0.2, 0) is 9.59 Å². The molecule has 0 fully saturated rings. The lowest BCUT2D eigenvalue weighted by molar-refractivity contribution is -0.384. The molecule has 0 aliphatic heterocycles. The standard InChI is InChI=1S/C15H11BrN4O5/c16-10-1-3-11(4-2-10)18-14(22)15(23)19-17-8-9-7-12(20(24)25)5-6-13(9)21/h1-8,21H,(H,18,22)(H,19,23)/b17-8-. The molecule has 2 amide bonds. The molecule has 25 heavy (non-hydrogen) atoms. The average Bonchev–Trinajstić information content (AvgIpc) is 2.58. The van der Waals surface area contributed by atoms with Crippen LogP contribution in [0.2, 0.25) is 0 Å². The number of nitrogens with zero attached hydrogens (tertiary/aromatic N) is 2. The van der Waals surface area contributed by atoms with Gasteiger partial charge in [0.2, 0.25) is 0 Å². The fourth-order valence-electron chi connectivity index (χ4n) is 1.69. The highest BCUT2D eigenvalue weighted by Crippen LogP contribution is 2.21. The zero-order valence-electron chi connectivity index (χ0n) is 12.5. The summed E-state index contributed by atoms with van der Waals surface area (Å²) in [6, 6.07) is 9.90. The van der Waals surface area contributed by atoms with Crippen LogP contribution in [0.25, 0.3) is 0 Å². The van der Waals surface area contributed by atoms with Crippen molar-refractivity contribution in [3.8, 4) is 5.75 Å². The van der Waals surface area contributed by atoms with E-state index in [2.05, 4.69) is 26.3 Å². The maximum absolute atomic E-state index is 11.7. The minimum absolute atomic E-state index is 0.0165. The van der Waals surface area contributed by atoms with E-state index in [1.807, 2.05) is 5.43 Å². The molecule has 0 bridgehead atoms. The highest BCUT2D eigenvalue weighted by molar-refractivity contribution is 9.10. The fraction of sp³-hybridized carbons (Fsp3) is 0. The van der Waals surface area contributed by atoms with E-state index < -0.39 is 16.7 Å². The molecule has 0 atom stereocenters. The first-order chi connectivity index (χ1) is 11.9. The normalized spacial score (nSPS) is 10.4. The Morgan fingerprint density at radius 3 is 2.48 bits per heavy atom. The van der Waals surface area contributed by atoms with E-state index in [-0.39, 0.29) is 17.0 Å². The number of non-ortho nitro benzene ring substituents is 1. The highest BCUT2D eigenvalue weighted by Gasteiger charge is 2.13. The van der Waals surface area contributed by atoms with Crippen molar-refractivity contribution in [3.05, 3.63) is 62.6 Å². The van der Waals surface area contributed by atoms with Crippen LogP contribution >= 0.6 is 15.9 Å². The number of aromatic hydroxyl groups is 1. The fourth-order valence-corrected chi connectivity index (χ4v) is 1.96. The molecule has 9 nitrogen and oxygen atoms in total. The first-order valence-electron chi connectivity index (χ1n) is 6.74. The van der Waals surface area contributed by atoms with Crippen LogP contribution in [0.4, 0.5) is 11.4 Å². The predicted octanol–water partition coefficient (Wildman–Crippen LogP) is 2.15. The Kier molecular flexibility index (Phi) is 5.79. The minimum Gasteiger partial charge on any atom is -0.507 e. The first-order valence-corrected chi connectivity index (χ1v) is 7.53. The van der Waals surface area contributed by atoms with Crippen LogP contribution in [0.15, 0.2) is 52.0 Å². The summed E-state index contributed by atoms with van der Waals surface area (Å²) < 4.78 is 0.816. The zero-order chi connectivity index (χ0) is 18.4. The number of amides is 2. The molecule has 2 aromatic carbocycles. The monoisotopic (exact) mass is 406 g/mol. The van der Waals surface area contributed by atoms with Gasteiger partial charge in [-0.2, -0.15) is 5.10 Å². The number of halogens is 1. The molecule has 0 heterocycles. The molecule has 0 unspecified atom stereocenters. The summed E-state index contributed by atoms with van der Waals surface area (Å²) in [6.07, 6.45) is 0.993. The third-order valence-corrected chi connectivity index (χ3v) is 3.43. The van der Waals surface area contributed by atoms with Crippen molar-refractivity contribution in [1.82, 2.24) is 5.43 Å². The molecule has 0 saturated carbocycles. The Morgan fingerprint density at radius 2 is 1.84 bits per heavy atom. The second-order valence-corrected chi connectivity index (χ2v) is 5.58. The predicted molar refractivity (Wildman–Crippen MR) is 93.3 cm³/mol. The van der Waals surface area contributed by atoms with Gasteiger partial charge in [-0.05, 0) is 30.3 Å². The number of anilines is 1. The van der Waals surface area contributed by atoms with Crippen molar-refractivity contribution in [2.75, 3.05) is 5.32 Å². The summed E-state index contributed by atoms with van der Waals surface area (Å²) in [5, 5.41) is 26.2. The van der Waals surface area contributed by atoms with Gasteiger partial charge in [0.05, 0.1) is 11.1 Å². The Balaban J connectivity index is 1.98. The number of nitro benzene ring substituents is 1. The smallest absolute Gasteiger partial charge is 0.329 e. The Bertz CT molecular complexity index is 852. The van der Waals surface area contributed by atoms with Crippen LogP contribution in [-0.4, -0.2) is 28.1 Å². The van der Waals surface area contributed by atoms with Gasteiger partial charge in [0, 0.05) is 27.9 Å². The lowest BCUT2D eigenvalue weighted by atomic mass is 10.2. The second-order valence-electron chi connectivity index (χ2n) is 4.66. The number of carbonyl (C=O) groups is 2. The van der Waals surface area contributed by atoms with Gasteiger partial charge < -0.3 is 10.4 Å². The molecule has 3 N–H and O–H groups in total. The van der Waals surface area contributed by atoms with Gasteiger partial charge in [0.25, 0.3) is 5.69 Å². The summed E-state index contributed by atoms with van der Waals surface area (Å²) >= 11 is 3.24. The molecule has 0 spiro atoms. The summed E-state index contributed by atoms with van der Waals surface area (Å²) in [6.45, 7) is 0.